The number of amides is 1. The zero-order chi connectivity index (χ0) is 14.5. The molecular formula is C15H15NO4. The van der Waals surface area contributed by atoms with Gasteiger partial charge in [0.2, 0.25) is 0 Å². The molecule has 0 saturated carbocycles. The summed E-state index contributed by atoms with van der Waals surface area (Å²) in [5.74, 6) is -1.52. The molecule has 2 rings (SSSR count). The van der Waals surface area contributed by atoms with Crippen molar-refractivity contribution in [3.8, 4) is 0 Å². The monoisotopic (exact) mass is 273 g/mol. The van der Waals surface area contributed by atoms with E-state index in [9.17, 15) is 9.59 Å². The van der Waals surface area contributed by atoms with Gasteiger partial charge in [-0.3, -0.25) is 4.79 Å². The zero-order valence-electron chi connectivity index (χ0n) is 11.1. The van der Waals surface area contributed by atoms with Gasteiger partial charge in [0.1, 0.15) is 6.26 Å². The van der Waals surface area contributed by atoms with E-state index in [1.54, 1.807) is 0 Å². The summed E-state index contributed by atoms with van der Waals surface area (Å²) >= 11 is 0. The van der Waals surface area contributed by atoms with Crippen molar-refractivity contribution in [1.82, 2.24) is 5.32 Å². The first-order valence-electron chi connectivity index (χ1n) is 6.22. The van der Waals surface area contributed by atoms with Crippen molar-refractivity contribution >= 4 is 11.9 Å². The van der Waals surface area contributed by atoms with E-state index in [4.69, 9.17) is 9.52 Å². The molecule has 0 fully saturated rings. The first kappa shape index (κ1) is 13.9. The molecule has 0 radical (unpaired) electrons. The summed E-state index contributed by atoms with van der Waals surface area (Å²) in [6, 6.07) is 9.25. The quantitative estimate of drug-likeness (QED) is 0.875. The Kier molecular flexibility index (Phi) is 4.20. The van der Waals surface area contributed by atoms with Crippen LogP contribution in [-0.2, 0) is 6.42 Å². The fourth-order valence-electron chi connectivity index (χ4n) is 1.84. The van der Waals surface area contributed by atoms with E-state index in [1.807, 2.05) is 25.1 Å². The van der Waals surface area contributed by atoms with Gasteiger partial charge in [-0.05, 0) is 18.9 Å². The normalized spacial score (nSPS) is 10.2. The third kappa shape index (κ3) is 3.47. The molecule has 0 bridgehead atoms. The molecule has 0 spiro atoms. The molecule has 0 aliphatic heterocycles. The maximum Gasteiger partial charge on any atom is 0.338 e. The predicted molar refractivity (Wildman–Crippen MR) is 72.9 cm³/mol. The Balaban J connectivity index is 1.87. The Morgan fingerprint density at radius 1 is 1.30 bits per heavy atom. The summed E-state index contributed by atoms with van der Waals surface area (Å²) in [5, 5.41) is 11.4. The zero-order valence-corrected chi connectivity index (χ0v) is 11.1. The number of nitrogens with one attached hydrogen (secondary N) is 1. The molecule has 0 aliphatic rings. The standard InChI is InChI=1S/C15H15NO4/c1-10-3-2-4-11(7-10)5-6-16-14(17)13-8-12(9-20-13)15(18)19/h2-4,7-9H,5-6H2,1H3,(H,16,17)(H,18,19). The number of carboxylic acid groups (broad SMARTS) is 1. The van der Waals surface area contributed by atoms with E-state index in [-0.39, 0.29) is 11.3 Å². The number of aryl methyl sites for hydroxylation is 1. The number of benzene rings is 1. The first-order valence-corrected chi connectivity index (χ1v) is 6.22. The van der Waals surface area contributed by atoms with Gasteiger partial charge in [-0.15, -0.1) is 0 Å². The van der Waals surface area contributed by atoms with Crippen molar-refractivity contribution < 1.29 is 19.1 Å². The van der Waals surface area contributed by atoms with Crippen molar-refractivity contribution in [1.29, 1.82) is 0 Å². The van der Waals surface area contributed by atoms with Crippen molar-refractivity contribution in [3.63, 3.8) is 0 Å². The van der Waals surface area contributed by atoms with Crippen LogP contribution in [0.3, 0.4) is 0 Å². The summed E-state index contributed by atoms with van der Waals surface area (Å²) in [7, 11) is 0. The molecule has 1 heterocycles. The van der Waals surface area contributed by atoms with Crippen LogP contribution in [0.15, 0.2) is 41.0 Å². The van der Waals surface area contributed by atoms with Crippen molar-refractivity contribution in [2.45, 2.75) is 13.3 Å². The summed E-state index contributed by atoms with van der Waals surface area (Å²) < 4.78 is 4.92. The van der Waals surface area contributed by atoms with Crippen LogP contribution < -0.4 is 5.32 Å². The Bertz CT molecular complexity index is 630. The molecule has 0 atom stereocenters. The van der Waals surface area contributed by atoms with Crippen LogP contribution in [-0.4, -0.2) is 23.5 Å². The van der Waals surface area contributed by atoms with E-state index in [1.165, 1.54) is 11.6 Å². The van der Waals surface area contributed by atoms with Crippen LogP contribution in [0.2, 0.25) is 0 Å². The fraction of sp³-hybridized carbons (Fsp3) is 0.200. The Hall–Kier alpha value is -2.56. The largest absolute Gasteiger partial charge is 0.478 e. The highest BCUT2D eigenvalue weighted by atomic mass is 16.4. The van der Waals surface area contributed by atoms with Gasteiger partial charge in [0.25, 0.3) is 5.91 Å². The molecule has 0 aliphatic carbocycles. The number of rotatable bonds is 5. The minimum absolute atomic E-state index is 0.00615. The van der Waals surface area contributed by atoms with E-state index < -0.39 is 11.9 Å². The molecule has 5 heteroatoms. The van der Waals surface area contributed by atoms with Crippen molar-refractivity contribution in [2.75, 3.05) is 6.54 Å². The third-order valence-electron chi connectivity index (χ3n) is 2.85. The lowest BCUT2D eigenvalue weighted by Crippen LogP contribution is -2.25. The average molecular weight is 273 g/mol. The molecule has 1 amide bonds. The van der Waals surface area contributed by atoms with E-state index in [0.717, 1.165) is 11.8 Å². The molecule has 104 valence electrons. The van der Waals surface area contributed by atoms with E-state index >= 15 is 0 Å². The maximum atomic E-state index is 11.7. The van der Waals surface area contributed by atoms with Crippen LogP contribution >= 0.6 is 0 Å². The number of carbonyl (C=O) groups is 2. The highest BCUT2D eigenvalue weighted by Gasteiger charge is 2.13. The number of furan rings is 1. The van der Waals surface area contributed by atoms with Crippen LogP contribution in [0, 0.1) is 6.92 Å². The van der Waals surface area contributed by atoms with Crippen LogP contribution in [0.1, 0.15) is 32.0 Å². The molecular weight excluding hydrogens is 258 g/mol. The van der Waals surface area contributed by atoms with Gasteiger partial charge in [0, 0.05) is 12.6 Å². The molecule has 2 N–H and O–H groups in total. The Labute approximate surface area is 116 Å². The van der Waals surface area contributed by atoms with Gasteiger partial charge in [-0.2, -0.15) is 0 Å². The van der Waals surface area contributed by atoms with Crippen molar-refractivity contribution in [3.05, 3.63) is 59.0 Å². The number of carboxylic acids is 1. The molecule has 20 heavy (non-hydrogen) atoms. The third-order valence-corrected chi connectivity index (χ3v) is 2.85. The smallest absolute Gasteiger partial charge is 0.338 e. The van der Waals surface area contributed by atoms with Gasteiger partial charge in [-0.1, -0.05) is 29.8 Å². The SMILES string of the molecule is Cc1cccc(CCNC(=O)c2cc(C(=O)O)co2)c1. The summed E-state index contributed by atoms with van der Waals surface area (Å²) in [5.41, 5.74) is 2.27. The highest BCUT2D eigenvalue weighted by Crippen LogP contribution is 2.08. The number of hydrogen-bond acceptors (Lipinski definition) is 3. The Morgan fingerprint density at radius 3 is 2.75 bits per heavy atom. The molecule has 0 unspecified atom stereocenters. The molecule has 1 aromatic carbocycles. The van der Waals surface area contributed by atoms with Gasteiger partial charge < -0.3 is 14.8 Å². The number of aromatic carboxylic acids is 1. The summed E-state index contributed by atoms with van der Waals surface area (Å²) in [6.07, 6.45) is 1.76. The van der Waals surface area contributed by atoms with E-state index in [2.05, 4.69) is 11.4 Å². The summed E-state index contributed by atoms with van der Waals surface area (Å²) in [4.78, 5) is 22.4. The lowest BCUT2D eigenvalue weighted by atomic mass is 10.1. The van der Waals surface area contributed by atoms with Crippen LogP contribution in [0.5, 0.6) is 0 Å². The van der Waals surface area contributed by atoms with Crippen molar-refractivity contribution in [2.24, 2.45) is 0 Å². The van der Waals surface area contributed by atoms with Gasteiger partial charge >= 0.3 is 5.97 Å². The summed E-state index contributed by atoms with van der Waals surface area (Å²) in [6.45, 7) is 2.48. The lowest BCUT2D eigenvalue weighted by Gasteiger charge is -2.04. The second-order valence-electron chi connectivity index (χ2n) is 4.50. The second-order valence-corrected chi connectivity index (χ2v) is 4.50. The fourth-order valence-corrected chi connectivity index (χ4v) is 1.84. The predicted octanol–water partition coefficient (Wildman–Crippen LogP) is 2.26. The second kappa shape index (κ2) is 6.06. The minimum Gasteiger partial charge on any atom is -0.478 e. The average Bonchev–Trinajstić information content (AvgIpc) is 2.88. The van der Waals surface area contributed by atoms with E-state index in [0.29, 0.717) is 13.0 Å². The van der Waals surface area contributed by atoms with Crippen LogP contribution in [0.4, 0.5) is 0 Å². The Morgan fingerprint density at radius 2 is 2.10 bits per heavy atom. The molecule has 0 saturated heterocycles. The van der Waals surface area contributed by atoms with Gasteiger partial charge in [-0.25, -0.2) is 4.79 Å². The molecule has 2 aromatic rings. The number of hydrogen-bond donors (Lipinski definition) is 2. The maximum absolute atomic E-state index is 11.7. The lowest BCUT2D eigenvalue weighted by molar-refractivity contribution is 0.0696. The van der Waals surface area contributed by atoms with Gasteiger partial charge in [0.15, 0.2) is 5.76 Å². The van der Waals surface area contributed by atoms with Crippen LogP contribution in [0.25, 0.3) is 0 Å². The molecule has 5 nitrogen and oxygen atoms in total. The highest BCUT2D eigenvalue weighted by molar-refractivity contribution is 5.95. The topological polar surface area (TPSA) is 79.5 Å². The number of carbonyl (C=O) groups excluding carboxylic acids is 1. The minimum atomic E-state index is -1.12. The van der Waals surface area contributed by atoms with Gasteiger partial charge in [0.05, 0.1) is 5.56 Å². The molecule has 1 aromatic heterocycles. The first-order chi connectivity index (χ1) is 9.56.